The SMILES string of the molecule is CC(CBr)(CBr)Cc1ccc(Cl)c(F)c1. The van der Waals surface area contributed by atoms with Gasteiger partial charge in [0.15, 0.2) is 0 Å². The lowest BCUT2D eigenvalue weighted by Crippen LogP contribution is -2.23. The van der Waals surface area contributed by atoms with Crippen LogP contribution in [-0.4, -0.2) is 10.7 Å². The van der Waals surface area contributed by atoms with Crippen molar-refractivity contribution < 1.29 is 4.39 Å². The first kappa shape index (κ1) is 13.5. The second kappa shape index (κ2) is 5.65. The molecular weight excluding hydrogens is 346 g/mol. The molecule has 0 saturated heterocycles. The van der Waals surface area contributed by atoms with E-state index in [1.807, 2.05) is 6.07 Å². The quantitative estimate of drug-likeness (QED) is 0.677. The molecule has 0 aliphatic rings. The van der Waals surface area contributed by atoms with Gasteiger partial charge in [0.2, 0.25) is 0 Å². The van der Waals surface area contributed by atoms with E-state index in [4.69, 9.17) is 11.6 Å². The second-order valence-corrected chi connectivity index (χ2v) is 5.53. The lowest BCUT2D eigenvalue weighted by molar-refractivity contribution is 0.437. The predicted octanol–water partition coefficient (Wildman–Crippen LogP) is 4.82. The molecule has 15 heavy (non-hydrogen) atoms. The molecular formula is C11H12Br2ClF. The van der Waals surface area contributed by atoms with Crippen molar-refractivity contribution in [2.75, 3.05) is 10.7 Å². The first-order valence-electron chi connectivity index (χ1n) is 4.56. The van der Waals surface area contributed by atoms with Crippen LogP contribution in [0.3, 0.4) is 0 Å². The Balaban J connectivity index is 2.85. The van der Waals surface area contributed by atoms with Crippen LogP contribution in [0.4, 0.5) is 4.39 Å². The van der Waals surface area contributed by atoms with Crippen LogP contribution in [-0.2, 0) is 6.42 Å². The molecule has 0 atom stereocenters. The Morgan fingerprint density at radius 3 is 2.40 bits per heavy atom. The Morgan fingerprint density at radius 2 is 1.93 bits per heavy atom. The third-order valence-electron chi connectivity index (χ3n) is 2.26. The number of alkyl halides is 2. The Bertz CT molecular complexity index is 337. The number of hydrogen-bond donors (Lipinski definition) is 0. The molecule has 4 heteroatoms. The van der Waals surface area contributed by atoms with Crippen LogP contribution in [0.5, 0.6) is 0 Å². The number of rotatable bonds is 4. The summed E-state index contributed by atoms with van der Waals surface area (Å²) in [4.78, 5) is 0. The van der Waals surface area contributed by atoms with Crippen LogP contribution in [0, 0.1) is 11.2 Å². The minimum absolute atomic E-state index is 0.0975. The molecule has 0 bridgehead atoms. The van der Waals surface area contributed by atoms with Gasteiger partial charge in [-0.3, -0.25) is 0 Å². The largest absolute Gasteiger partial charge is 0.205 e. The van der Waals surface area contributed by atoms with Gasteiger partial charge in [0.25, 0.3) is 0 Å². The highest BCUT2D eigenvalue weighted by molar-refractivity contribution is 9.09. The summed E-state index contributed by atoms with van der Waals surface area (Å²) in [6.07, 6.45) is 0.817. The maximum Gasteiger partial charge on any atom is 0.142 e. The van der Waals surface area contributed by atoms with E-state index in [9.17, 15) is 4.39 Å². The topological polar surface area (TPSA) is 0 Å². The first-order valence-corrected chi connectivity index (χ1v) is 7.19. The van der Waals surface area contributed by atoms with Crippen LogP contribution >= 0.6 is 43.5 Å². The van der Waals surface area contributed by atoms with Crippen LogP contribution in [0.25, 0.3) is 0 Å². The first-order chi connectivity index (χ1) is 7.00. The van der Waals surface area contributed by atoms with Gasteiger partial charge in [0.1, 0.15) is 5.82 Å². The fourth-order valence-corrected chi connectivity index (χ4v) is 2.72. The Labute approximate surface area is 111 Å². The van der Waals surface area contributed by atoms with Crippen molar-refractivity contribution in [1.82, 2.24) is 0 Å². The van der Waals surface area contributed by atoms with E-state index >= 15 is 0 Å². The zero-order valence-electron chi connectivity index (χ0n) is 8.37. The summed E-state index contributed by atoms with van der Waals surface area (Å²) < 4.78 is 13.2. The highest BCUT2D eigenvalue weighted by Gasteiger charge is 2.22. The van der Waals surface area contributed by atoms with Gasteiger partial charge in [-0.05, 0) is 29.5 Å². The normalized spacial score (nSPS) is 11.8. The van der Waals surface area contributed by atoms with Gasteiger partial charge in [0, 0.05) is 10.7 Å². The van der Waals surface area contributed by atoms with Crippen LogP contribution < -0.4 is 0 Å². The maximum atomic E-state index is 13.2. The molecule has 0 heterocycles. The fourth-order valence-electron chi connectivity index (χ4n) is 1.27. The van der Waals surface area contributed by atoms with Gasteiger partial charge in [-0.15, -0.1) is 0 Å². The molecule has 0 aromatic heterocycles. The van der Waals surface area contributed by atoms with Crippen LogP contribution in [0.1, 0.15) is 12.5 Å². The van der Waals surface area contributed by atoms with E-state index in [1.54, 1.807) is 6.07 Å². The molecule has 0 nitrogen and oxygen atoms in total. The van der Waals surface area contributed by atoms with Crippen LogP contribution in [0.2, 0.25) is 5.02 Å². The summed E-state index contributed by atoms with van der Waals surface area (Å²) in [5.74, 6) is -0.347. The van der Waals surface area contributed by atoms with Crippen molar-refractivity contribution in [3.8, 4) is 0 Å². The molecule has 0 saturated carbocycles. The van der Waals surface area contributed by atoms with E-state index in [2.05, 4.69) is 38.8 Å². The van der Waals surface area contributed by atoms with Crippen molar-refractivity contribution in [3.63, 3.8) is 0 Å². The summed E-state index contributed by atoms with van der Waals surface area (Å²) in [5, 5.41) is 1.92. The zero-order valence-corrected chi connectivity index (χ0v) is 12.3. The Morgan fingerprint density at radius 1 is 1.33 bits per heavy atom. The van der Waals surface area contributed by atoms with Crippen molar-refractivity contribution in [3.05, 3.63) is 34.6 Å². The molecule has 0 aliphatic carbocycles. The molecule has 0 aliphatic heterocycles. The molecule has 0 N–H and O–H groups in total. The average Bonchev–Trinajstić information content (AvgIpc) is 2.23. The van der Waals surface area contributed by atoms with Gasteiger partial charge in [-0.25, -0.2) is 4.39 Å². The zero-order chi connectivity index (χ0) is 11.5. The van der Waals surface area contributed by atoms with Gasteiger partial charge in [-0.1, -0.05) is 56.5 Å². The average molecular weight is 358 g/mol. The minimum Gasteiger partial charge on any atom is -0.205 e. The molecule has 1 aromatic rings. The van der Waals surface area contributed by atoms with Crippen molar-refractivity contribution in [1.29, 1.82) is 0 Å². The van der Waals surface area contributed by atoms with Crippen LogP contribution in [0.15, 0.2) is 18.2 Å². The fraction of sp³-hybridized carbons (Fsp3) is 0.455. The monoisotopic (exact) mass is 356 g/mol. The van der Waals surface area contributed by atoms with Crippen molar-refractivity contribution in [2.24, 2.45) is 5.41 Å². The maximum absolute atomic E-state index is 13.2. The number of halogens is 4. The molecule has 0 spiro atoms. The van der Waals surface area contributed by atoms with Crippen molar-refractivity contribution in [2.45, 2.75) is 13.3 Å². The molecule has 0 fully saturated rings. The molecule has 0 amide bonds. The van der Waals surface area contributed by atoms with Gasteiger partial charge in [0.05, 0.1) is 5.02 Å². The predicted molar refractivity (Wildman–Crippen MR) is 70.8 cm³/mol. The third-order valence-corrected chi connectivity index (χ3v) is 5.27. The van der Waals surface area contributed by atoms with Crippen molar-refractivity contribution >= 4 is 43.5 Å². The third kappa shape index (κ3) is 3.72. The lowest BCUT2D eigenvalue weighted by Gasteiger charge is -2.24. The van der Waals surface area contributed by atoms with E-state index in [-0.39, 0.29) is 16.3 Å². The van der Waals surface area contributed by atoms with E-state index in [0.717, 1.165) is 22.6 Å². The summed E-state index contributed by atoms with van der Waals surface area (Å²) in [6.45, 7) is 2.14. The number of benzene rings is 1. The second-order valence-electron chi connectivity index (χ2n) is 4.00. The van der Waals surface area contributed by atoms with Gasteiger partial charge < -0.3 is 0 Å². The summed E-state index contributed by atoms with van der Waals surface area (Å²) in [6, 6.07) is 4.98. The molecule has 0 radical (unpaired) electrons. The Kier molecular flexibility index (Phi) is 5.07. The highest BCUT2D eigenvalue weighted by Crippen LogP contribution is 2.28. The van der Waals surface area contributed by atoms with E-state index in [0.29, 0.717) is 0 Å². The van der Waals surface area contributed by atoms with E-state index < -0.39 is 0 Å². The van der Waals surface area contributed by atoms with Gasteiger partial charge >= 0.3 is 0 Å². The molecule has 0 unspecified atom stereocenters. The minimum atomic E-state index is -0.347. The standard InChI is InChI=1S/C11H12Br2ClF/c1-11(6-12,7-13)5-8-2-3-9(14)10(15)4-8/h2-4H,5-7H2,1H3. The highest BCUT2D eigenvalue weighted by atomic mass is 79.9. The molecule has 1 rings (SSSR count). The Hall–Kier alpha value is 0.400. The smallest absolute Gasteiger partial charge is 0.142 e. The summed E-state index contributed by atoms with van der Waals surface area (Å²) in [7, 11) is 0. The van der Waals surface area contributed by atoms with Gasteiger partial charge in [-0.2, -0.15) is 0 Å². The summed E-state index contributed by atoms with van der Waals surface area (Å²) in [5.41, 5.74) is 1.07. The molecule has 84 valence electrons. The lowest BCUT2D eigenvalue weighted by atomic mass is 9.88. The summed E-state index contributed by atoms with van der Waals surface area (Å²) >= 11 is 12.6. The number of hydrogen-bond acceptors (Lipinski definition) is 0. The van der Waals surface area contributed by atoms with E-state index in [1.165, 1.54) is 6.07 Å². The molecule has 1 aromatic carbocycles.